The molecule has 38 heavy (non-hydrogen) atoms. The number of hydrogen-bond donors (Lipinski definition) is 3. The van der Waals surface area contributed by atoms with E-state index >= 15 is 0 Å². The average Bonchev–Trinajstić information content (AvgIpc) is 3.46. The number of fused-ring (bicyclic) bond motifs is 1. The maximum absolute atomic E-state index is 13.5. The van der Waals surface area contributed by atoms with Crippen LogP contribution in [-0.2, 0) is 6.54 Å². The predicted molar refractivity (Wildman–Crippen MR) is 135 cm³/mol. The lowest BCUT2D eigenvalue weighted by atomic mass is 10.1. The van der Waals surface area contributed by atoms with Gasteiger partial charge in [-0.2, -0.15) is 13.2 Å². The normalized spacial score (nSPS) is 15.8. The van der Waals surface area contributed by atoms with Crippen LogP contribution in [0.4, 0.5) is 22.0 Å². The molecule has 0 radical (unpaired) electrons. The van der Waals surface area contributed by atoms with Crippen molar-refractivity contribution in [2.75, 3.05) is 13.1 Å². The van der Waals surface area contributed by atoms with Crippen molar-refractivity contribution in [2.24, 2.45) is 0 Å². The molecule has 1 aromatic carbocycles. The average molecular weight is 575 g/mol. The fraction of sp³-hybridized carbons (Fsp3) is 0.280. The van der Waals surface area contributed by atoms with Gasteiger partial charge in [0.2, 0.25) is 0 Å². The summed E-state index contributed by atoms with van der Waals surface area (Å²) in [5.74, 6) is -3.02. The second-order valence-corrected chi connectivity index (χ2v) is 9.68. The predicted octanol–water partition coefficient (Wildman–Crippen LogP) is 6.13. The molecule has 0 spiro atoms. The van der Waals surface area contributed by atoms with E-state index in [2.05, 4.69) is 16.5 Å². The quantitative estimate of drug-likeness (QED) is 0.203. The van der Waals surface area contributed by atoms with Gasteiger partial charge in [-0.3, -0.25) is 4.40 Å². The number of nitrogens with zero attached hydrogens (tertiary/aromatic N) is 3. The zero-order chi connectivity index (χ0) is 27.7. The van der Waals surface area contributed by atoms with E-state index in [-0.39, 0.29) is 12.8 Å². The van der Waals surface area contributed by atoms with E-state index in [0.29, 0.717) is 41.3 Å². The smallest absolute Gasteiger partial charge is 0.448 e. The van der Waals surface area contributed by atoms with Crippen molar-refractivity contribution >= 4 is 28.7 Å². The molecule has 1 aliphatic rings. The van der Waals surface area contributed by atoms with E-state index in [1.54, 1.807) is 18.3 Å². The Morgan fingerprint density at radius 2 is 1.84 bits per heavy atom. The summed E-state index contributed by atoms with van der Waals surface area (Å²) in [6, 6.07) is 11.2. The molecule has 4 aromatic rings. The molecule has 0 amide bonds. The highest BCUT2D eigenvalue weighted by Crippen LogP contribution is 2.31. The number of H-pyrrole nitrogens is 1. The Balaban J connectivity index is 0.000000426. The highest BCUT2D eigenvalue weighted by molar-refractivity contribution is 6.36. The van der Waals surface area contributed by atoms with Crippen LogP contribution in [-0.4, -0.2) is 49.6 Å². The molecule has 0 bridgehead atoms. The van der Waals surface area contributed by atoms with Gasteiger partial charge in [-0.15, -0.1) is 0 Å². The van der Waals surface area contributed by atoms with Crippen molar-refractivity contribution < 1.29 is 32.0 Å². The number of alkyl halides is 5. The lowest BCUT2D eigenvalue weighted by Gasteiger charge is -2.28. The van der Waals surface area contributed by atoms with Gasteiger partial charge in [0, 0.05) is 16.8 Å². The van der Waals surface area contributed by atoms with Gasteiger partial charge in [-0.05, 0) is 30.3 Å². The van der Waals surface area contributed by atoms with Crippen LogP contribution in [0.25, 0.3) is 28.4 Å². The minimum absolute atomic E-state index is 0.0790. The number of benzene rings is 1. The maximum Gasteiger partial charge on any atom is 0.448 e. The number of quaternary nitrogens is 1. The van der Waals surface area contributed by atoms with Crippen LogP contribution in [0.15, 0.2) is 61.1 Å². The molecule has 0 saturated carbocycles. The fourth-order valence-electron chi connectivity index (χ4n) is 4.06. The minimum Gasteiger partial charge on any atom is -0.505 e. The second-order valence-electron chi connectivity index (χ2n) is 8.83. The van der Waals surface area contributed by atoms with Crippen molar-refractivity contribution in [3.63, 3.8) is 0 Å². The highest BCUT2D eigenvalue weighted by atomic mass is 35.5. The Hall–Kier alpha value is -3.15. The number of likely N-dealkylation sites (tertiary alicyclic amines) is 1. The van der Waals surface area contributed by atoms with E-state index in [1.807, 2.05) is 34.9 Å². The standard InChI is InChI=1S/C22H19Cl2F2N5.C3H3F3O/c23-14-4-5-15(16(24)11-14)17-12-27-20(28-17)21-29-18(19-3-1-2-8-31(19)21)13-30-9-6-22(25,26)7-10-30;1-2(7)3(4,5)6/h1-5,8,11-12H,6-7,9-10,13H2,(H,27,28);7H,1H2/p+1. The Kier molecular flexibility index (Phi) is 8.01. The largest absolute Gasteiger partial charge is 0.505 e. The zero-order valence-corrected chi connectivity index (χ0v) is 21.3. The molecular formula is C25H23Cl2F5N5O+. The molecule has 1 aliphatic heterocycles. The number of piperidine rings is 1. The third kappa shape index (κ3) is 6.46. The van der Waals surface area contributed by atoms with Gasteiger partial charge in [0.1, 0.15) is 12.2 Å². The van der Waals surface area contributed by atoms with Gasteiger partial charge in [-0.25, -0.2) is 18.7 Å². The monoisotopic (exact) mass is 574 g/mol. The number of imidazole rings is 2. The molecule has 0 atom stereocenters. The van der Waals surface area contributed by atoms with Crippen LogP contribution >= 0.6 is 23.2 Å². The summed E-state index contributed by atoms with van der Waals surface area (Å²) in [6.07, 6.45) is -1.15. The SMILES string of the molecule is C=C(O)C(F)(F)F.FC1(F)CC[NH+](Cc2nc(-c3ncc(-c4ccc(Cl)cc4Cl)[nH]3)n3ccccc23)CC1. The Morgan fingerprint density at radius 3 is 2.47 bits per heavy atom. The van der Waals surface area contributed by atoms with Gasteiger partial charge >= 0.3 is 6.18 Å². The number of aromatic amines is 1. The van der Waals surface area contributed by atoms with Crippen molar-refractivity contribution in [2.45, 2.75) is 31.5 Å². The van der Waals surface area contributed by atoms with Crippen molar-refractivity contribution in [3.8, 4) is 22.9 Å². The van der Waals surface area contributed by atoms with E-state index in [0.717, 1.165) is 27.4 Å². The van der Waals surface area contributed by atoms with Crippen molar-refractivity contribution in [3.05, 3.63) is 76.9 Å². The van der Waals surface area contributed by atoms with Crippen molar-refractivity contribution in [1.82, 2.24) is 19.4 Å². The molecule has 0 unspecified atom stereocenters. The third-order valence-electron chi connectivity index (χ3n) is 6.07. The molecule has 202 valence electrons. The van der Waals surface area contributed by atoms with Crippen LogP contribution in [0.1, 0.15) is 18.5 Å². The molecular weight excluding hydrogens is 552 g/mol. The van der Waals surface area contributed by atoms with Gasteiger partial charge < -0.3 is 15.0 Å². The molecule has 1 saturated heterocycles. The lowest BCUT2D eigenvalue weighted by molar-refractivity contribution is -0.921. The van der Waals surface area contributed by atoms with Crippen LogP contribution < -0.4 is 4.90 Å². The number of aliphatic hydroxyl groups excluding tert-OH is 1. The first-order valence-corrected chi connectivity index (χ1v) is 12.2. The van der Waals surface area contributed by atoms with Crippen LogP contribution in [0.5, 0.6) is 0 Å². The number of nitrogens with one attached hydrogen (secondary N) is 2. The van der Waals surface area contributed by atoms with E-state index in [1.165, 1.54) is 0 Å². The van der Waals surface area contributed by atoms with Crippen LogP contribution in [0.3, 0.4) is 0 Å². The van der Waals surface area contributed by atoms with Gasteiger partial charge in [0.05, 0.1) is 48.4 Å². The number of aromatic nitrogens is 4. The van der Waals surface area contributed by atoms with E-state index in [4.69, 9.17) is 33.3 Å². The summed E-state index contributed by atoms with van der Waals surface area (Å²) < 4.78 is 61.5. The number of rotatable bonds is 4. The van der Waals surface area contributed by atoms with Gasteiger partial charge in [0.25, 0.3) is 5.92 Å². The summed E-state index contributed by atoms with van der Waals surface area (Å²) in [5.41, 5.74) is 3.38. The number of hydrogen-bond acceptors (Lipinski definition) is 3. The third-order valence-corrected chi connectivity index (χ3v) is 6.61. The zero-order valence-electron chi connectivity index (χ0n) is 19.8. The second kappa shape index (κ2) is 10.9. The number of allylic oxidation sites excluding steroid dienone is 1. The number of halogens is 7. The molecule has 3 N–H and O–H groups in total. The summed E-state index contributed by atoms with van der Waals surface area (Å²) in [4.78, 5) is 13.8. The molecule has 13 heteroatoms. The summed E-state index contributed by atoms with van der Waals surface area (Å²) >= 11 is 12.3. The molecule has 0 aliphatic carbocycles. The topological polar surface area (TPSA) is 70.7 Å². The minimum atomic E-state index is -4.64. The van der Waals surface area contributed by atoms with Crippen LogP contribution in [0, 0.1) is 0 Å². The maximum atomic E-state index is 13.5. The summed E-state index contributed by atoms with van der Waals surface area (Å²) in [7, 11) is 0. The first kappa shape index (κ1) is 27.9. The first-order chi connectivity index (χ1) is 17.8. The summed E-state index contributed by atoms with van der Waals surface area (Å²) in [5, 5.41) is 8.66. The van der Waals surface area contributed by atoms with Gasteiger partial charge in [0.15, 0.2) is 17.4 Å². The Morgan fingerprint density at radius 1 is 1.16 bits per heavy atom. The molecule has 1 fully saturated rings. The van der Waals surface area contributed by atoms with Crippen LogP contribution in [0.2, 0.25) is 10.0 Å². The Bertz CT molecular complexity index is 1440. The van der Waals surface area contributed by atoms with E-state index in [9.17, 15) is 22.0 Å². The van der Waals surface area contributed by atoms with Crippen molar-refractivity contribution in [1.29, 1.82) is 0 Å². The first-order valence-electron chi connectivity index (χ1n) is 11.5. The highest BCUT2D eigenvalue weighted by Gasteiger charge is 2.37. The number of aliphatic hydroxyl groups is 1. The number of pyridine rings is 1. The van der Waals surface area contributed by atoms with Gasteiger partial charge in [-0.1, -0.05) is 35.8 Å². The lowest BCUT2D eigenvalue weighted by Crippen LogP contribution is -3.12. The molecule has 4 heterocycles. The summed E-state index contributed by atoms with van der Waals surface area (Å²) in [6.45, 7) is 3.73. The van der Waals surface area contributed by atoms with E-state index < -0.39 is 17.9 Å². The molecule has 6 nitrogen and oxygen atoms in total. The molecule has 5 rings (SSSR count). The Labute approximate surface area is 224 Å². The fourth-order valence-corrected chi connectivity index (χ4v) is 4.57. The molecule has 3 aromatic heterocycles.